The third-order valence-corrected chi connectivity index (χ3v) is 4.03. The van der Waals surface area contributed by atoms with Crippen molar-refractivity contribution >= 4 is 31.6 Å². The molecule has 4 nitrogen and oxygen atoms in total. The van der Waals surface area contributed by atoms with Crippen LogP contribution in [0.15, 0.2) is 26.1 Å². The molecule has 3 rings (SSSR count). The van der Waals surface area contributed by atoms with Crippen LogP contribution in [0, 0.1) is 5.41 Å². The molecule has 1 aromatic rings. The molecule has 0 radical (unpaired) electrons. The Morgan fingerprint density at radius 2 is 2.31 bits per heavy atom. The molecule has 16 heavy (non-hydrogen) atoms. The Morgan fingerprint density at radius 3 is 3.06 bits per heavy atom. The first-order valence-electron chi connectivity index (χ1n) is 5.30. The average molecular weight is 282 g/mol. The van der Waals surface area contributed by atoms with Gasteiger partial charge in [0.1, 0.15) is 0 Å². The molecule has 2 heterocycles. The summed E-state index contributed by atoms with van der Waals surface area (Å²) in [5.74, 6) is 0. The van der Waals surface area contributed by atoms with Gasteiger partial charge in [-0.3, -0.25) is 0 Å². The van der Waals surface area contributed by atoms with Gasteiger partial charge in [-0.1, -0.05) is 0 Å². The summed E-state index contributed by atoms with van der Waals surface area (Å²) in [7, 11) is 0. The quantitative estimate of drug-likeness (QED) is 0.879. The van der Waals surface area contributed by atoms with Crippen LogP contribution in [0.1, 0.15) is 6.92 Å². The Kier molecular flexibility index (Phi) is 2.46. The number of rotatable bonds is 3. The molecule has 0 aliphatic carbocycles. The van der Waals surface area contributed by atoms with E-state index in [2.05, 4.69) is 26.2 Å². The molecule has 0 unspecified atom stereocenters. The Hall–Kier alpha value is -0.901. The normalized spacial score (nSPS) is 19.8. The van der Waals surface area contributed by atoms with Crippen LogP contribution < -0.4 is 5.32 Å². The van der Waals surface area contributed by atoms with Crippen LogP contribution in [-0.4, -0.2) is 34.3 Å². The van der Waals surface area contributed by atoms with Crippen LogP contribution in [0.5, 0.6) is 0 Å². The Morgan fingerprint density at radius 1 is 1.44 bits per heavy atom. The molecule has 1 saturated heterocycles. The first-order valence-corrected chi connectivity index (χ1v) is 6.83. The van der Waals surface area contributed by atoms with Crippen LogP contribution >= 0.6 is 0 Å². The van der Waals surface area contributed by atoms with Crippen LogP contribution in [0.25, 0.3) is 0 Å². The summed E-state index contributed by atoms with van der Waals surface area (Å²) in [5.41, 5.74) is 3.45. The number of nitrogens with zero attached hydrogens (tertiary/aromatic N) is 2. The predicted octanol–water partition coefficient (Wildman–Crippen LogP) is 2.48. The van der Waals surface area contributed by atoms with Gasteiger partial charge in [0.25, 0.3) is 0 Å². The number of hydrogen-bond acceptors (Lipinski definition) is 4. The molecule has 1 fully saturated rings. The number of fused-ring (bicyclic) bond motifs is 1. The molecule has 0 saturated carbocycles. The topological polar surface area (TPSA) is 46.0 Å². The van der Waals surface area contributed by atoms with E-state index in [9.17, 15) is 0 Å². The zero-order valence-corrected chi connectivity index (χ0v) is 10.8. The van der Waals surface area contributed by atoms with Crippen molar-refractivity contribution < 1.29 is 4.74 Å². The first kappa shape index (κ1) is 10.3. The van der Waals surface area contributed by atoms with Gasteiger partial charge < -0.3 is 0 Å². The van der Waals surface area contributed by atoms with Crippen molar-refractivity contribution in [2.45, 2.75) is 6.92 Å². The van der Waals surface area contributed by atoms with E-state index in [-0.39, 0.29) is 20.0 Å². The van der Waals surface area contributed by atoms with Crippen molar-refractivity contribution in [2.24, 2.45) is 13.3 Å². The maximum atomic E-state index is 5.24. The van der Waals surface area contributed by atoms with Gasteiger partial charge in [0.05, 0.1) is 0 Å². The van der Waals surface area contributed by atoms with E-state index in [4.69, 9.17) is 4.74 Å². The van der Waals surface area contributed by atoms with E-state index in [0.29, 0.717) is 0 Å². The number of hydrogen-bond donors (Lipinski definition) is 1. The summed E-state index contributed by atoms with van der Waals surface area (Å²) < 4.78 is 14.1. The summed E-state index contributed by atoms with van der Waals surface area (Å²) in [5, 5.41) is 3.46. The molecule has 1 aromatic carbocycles. The molecule has 0 aromatic heterocycles. The summed E-state index contributed by atoms with van der Waals surface area (Å²) in [6, 6.07) is 6.12. The van der Waals surface area contributed by atoms with Crippen molar-refractivity contribution in [3.63, 3.8) is 0 Å². The van der Waals surface area contributed by atoms with Crippen molar-refractivity contribution in [2.75, 3.05) is 25.1 Å². The Bertz CT molecular complexity index is 490. The third-order valence-electron chi connectivity index (χ3n) is 2.89. The van der Waals surface area contributed by atoms with Gasteiger partial charge in [-0.25, -0.2) is 0 Å². The third kappa shape index (κ3) is 1.75. The van der Waals surface area contributed by atoms with E-state index in [1.165, 1.54) is 0 Å². The monoisotopic (exact) mass is 283 g/mol. The molecule has 0 bridgehead atoms. The second kappa shape index (κ2) is 3.84. The molecule has 0 amide bonds. The SMILES string of the molecule is CC1(CNc2cccc3c2N=[Se]=N3)COC1. The second-order valence-corrected chi connectivity index (χ2v) is 5.70. The molecule has 2 aliphatic rings. The molecular formula is C11H13N3OSe. The molecule has 1 N–H and O–H groups in total. The average Bonchev–Trinajstić information content (AvgIpc) is 2.72. The summed E-state index contributed by atoms with van der Waals surface area (Å²) in [6.07, 6.45) is 0. The molecule has 0 atom stereocenters. The van der Waals surface area contributed by atoms with Crippen LogP contribution in [0.4, 0.5) is 17.1 Å². The molecule has 84 valence electrons. The van der Waals surface area contributed by atoms with E-state index < -0.39 is 0 Å². The van der Waals surface area contributed by atoms with E-state index >= 15 is 0 Å². The van der Waals surface area contributed by atoms with Crippen LogP contribution in [0.2, 0.25) is 0 Å². The Balaban J connectivity index is 1.76. The summed E-state index contributed by atoms with van der Waals surface area (Å²) in [4.78, 5) is 0. The zero-order valence-electron chi connectivity index (χ0n) is 9.06. The second-order valence-electron chi connectivity index (χ2n) is 4.59. The fourth-order valence-corrected chi connectivity index (χ4v) is 2.96. The van der Waals surface area contributed by atoms with Crippen molar-refractivity contribution in [3.05, 3.63) is 18.2 Å². The van der Waals surface area contributed by atoms with Gasteiger partial charge in [-0.15, -0.1) is 0 Å². The summed E-state index contributed by atoms with van der Waals surface area (Å²) >= 11 is 0.0452. The van der Waals surface area contributed by atoms with Crippen LogP contribution in [-0.2, 0) is 4.74 Å². The fraction of sp³-hybridized carbons (Fsp3) is 0.455. The molecule has 2 aliphatic heterocycles. The number of nitrogens with one attached hydrogen (secondary N) is 1. The molecule has 5 heteroatoms. The van der Waals surface area contributed by atoms with Crippen LogP contribution in [0.3, 0.4) is 0 Å². The minimum absolute atomic E-state index is 0.0452. The van der Waals surface area contributed by atoms with Gasteiger partial charge in [0.15, 0.2) is 0 Å². The van der Waals surface area contributed by atoms with E-state index in [1.807, 2.05) is 12.1 Å². The van der Waals surface area contributed by atoms with Gasteiger partial charge in [-0.05, 0) is 0 Å². The standard InChI is InChI=1S/C11H13N3OSe/c1-11(6-15-7-11)5-12-8-3-2-4-9-10(8)14-16-13-9/h2-4,12H,5-7H2,1H3. The molecule has 0 spiro atoms. The van der Waals surface area contributed by atoms with Crippen molar-refractivity contribution in [3.8, 4) is 0 Å². The fourth-order valence-electron chi connectivity index (χ4n) is 1.81. The van der Waals surface area contributed by atoms with Gasteiger partial charge in [-0.2, -0.15) is 0 Å². The van der Waals surface area contributed by atoms with Gasteiger partial charge in [0, 0.05) is 0 Å². The van der Waals surface area contributed by atoms with E-state index in [0.717, 1.165) is 36.8 Å². The first-order chi connectivity index (χ1) is 7.77. The number of anilines is 1. The van der Waals surface area contributed by atoms with Gasteiger partial charge >= 0.3 is 99.9 Å². The van der Waals surface area contributed by atoms with Crippen molar-refractivity contribution in [1.82, 2.24) is 0 Å². The zero-order chi connectivity index (χ0) is 11.0. The van der Waals surface area contributed by atoms with Crippen molar-refractivity contribution in [1.29, 1.82) is 0 Å². The summed E-state index contributed by atoms with van der Waals surface area (Å²) in [6.45, 7) is 4.87. The predicted molar refractivity (Wildman–Crippen MR) is 63.8 cm³/mol. The van der Waals surface area contributed by atoms with E-state index in [1.54, 1.807) is 0 Å². The number of benzene rings is 1. The molecular weight excluding hydrogens is 269 g/mol. The minimum atomic E-state index is 0.0452. The maximum absolute atomic E-state index is 5.24. The Labute approximate surface area is 100 Å². The van der Waals surface area contributed by atoms with Gasteiger partial charge in [0.2, 0.25) is 0 Å². The number of ether oxygens (including phenoxy) is 1.